The number of nitrogens with one attached hydrogen (secondary N) is 1. The van der Waals surface area contributed by atoms with E-state index in [2.05, 4.69) is 36.4 Å². The first-order valence-corrected chi connectivity index (χ1v) is 11.1. The molecular formula is C22H22BrN5O4. The lowest BCUT2D eigenvalue weighted by Crippen LogP contribution is -2.23. The van der Waals surface area contributed by atoms with Gasteiger partial charge in [-0.3, -0.25) is 25.3 Å². The SMILES string of the molecule is CCOC(=O)CCC(CBr)=NNC1=Nc2ccc([N+](=O)[O-])cc2C(c2ccccc2)=NC1. The van der Waals surface area contributed by atoms with Gasteiger partial charge in [-0.1, -0.05) is 46.3 Å². The summed E-state index contributed by atoms with van der Waals surface area (Å²) in [6.45, 7) is 2.32. The quantitative estimate of drug-likeness (QED) is 0.192. The van der Waals surface area contributed by atoms with Crippen LogP contribution in [0.1, 0.15) is 30.9 Å². The maximum absolute atomic E-state index is 11.6. The van der Waals surface area contributed by atoms with E-state index in [4.69, 9.17) is 4.74 Å². The Bertz CT molecular complexity index is 1080. The molecule has 1 aliphatic heterocycles. The second-order valence-electron chi connectivity index (χ2n) is 6.78. The van der Waals surface area contributed by atoms with Crippen LogP contribution in [0.3, 0.4) is 0 Å². The second kappa shape index (κ2) is 11.3. The van der Waals surface area contributed by atoms with Crippen molar-refractivity contribution in [3.8, 4) is 0 Å². The molecule has 0 atom stereocenters. The Hall–Kier alpha value is -3.40. The summed E-state index contributed by atoms with van der Waals surface area (Å²) < 4.78 is 4.95. The third kappa shape index (κ3) is 6.07. The average molecular weight is 500 g/mol. The van der Waals surface area contributed by atoms with E-state index in [1.807, 2.05) is 30.3 Å². The molecule has 10 heteroatoms. The van der Waals surface area contributed by atoms with Gasteiger partial charge in [0.25, 0.3) is 5.69 Å². The molecule has 1 heterocycles. The predicted molar refractivity (Wildman–Crippen MR) is 127 cm³/mol. The molecule has 166 valence electrons. The molecule has 0 bridgehead atoms. The monoisotopic (exact) mass is 499 g/mol. The number of carbonyl (C=O) groups is 1. The van der Waals surface area contributed by atoms with Crippen molar-refractivity contribution < 1.29 is 14.5 Å². The van der Waals surface area contributed by atoms with Crippen molar-refractivity contribution in [3.63, 3.8) is 0 Å². The van der Waals surface area contributed by atoms with E-state index < -0.39 is 4.92 Å². The molecule has 0 saturated carbocycles. The molecule has 1 aliphatic rings. The number of esters is 1. The summed E-state index contributed by atoms with van der Waals surface area (Å²) in [6.07, 6.45) is 0.668. The first-order chi connectivity index (χ1) is 15.5. The Morgan fingerprint density at radius 2 is 2.03 bits per heavy atom. The van der Waals surface area contributed by atoms with Crippen molar-refractivity contribution in [2.75, 3.05) is 18.5 Å². The summed E-state index contributed by atoms with van der Waals surface area (Å²) in [7, 11) is 0. The number of aliphatic imine (C=N–C) groups is 2. The minimum absolute atomic E-state index is 0.0300. The number of hydrazone groups is 1. The normalized spacial score (nSPS) is 13.4. The number of benzene rings is 2. The van der Waals surface area contributed by atoms with E-state index >= 15 is 0 Å². The number of alkyl halides is 1. The number of halogens is 1. The molecule has 1 N–H and O–H groups in total. The van der Waals surface area contributed by atoms with Crippen molar-refractivity contribution >= 4 is 50.5 Å². The third-order valence-electron chi connectivity index (χ3n) is 4.56. The minimum Gasteiger partial charge on any atom is -0.466 e. The van der Waals surface area contributed by atoms with Gasteiger partial charge in [-0.15, -0.1) is 0 Å². The van der Waals surface area contributed by atoms with Crippen molar-refractivity contribution in [2.45, 2.75) is 19.8 Å². The number of nitrogens with zero attached hydrogens (tertiary/aromatic N) is 4. The number of non-ortho nitro benzene ring substituents is 1. The first-order valence-electron chi connectivity index (χ1n) is 10.0. The molecule has 0 unspecified atom stereocenters. The number of nitro benzene ring substituents is 1. The van der Waals surface area contributed by atoms with Crippen molar-refractivity contribution in [1.82, 2.24) is 5.43 Å². The Morgan fingerprint density at radius 3 is 2.72 bits per heavy atom. The van der Waals surface area contributed by atoms with Gasteiger partial charge in [0, 0.05) is 34.3 Å². The van der Waals surface area contributed by atoms with Crippen LogP contribution in [-0.4, -0.2) is 46.6 Å². The summed E-state index contributed by atoms with van der Waals surface area (Å²) >= 11 is 3.38. The first kappa shape index (κ1) is 23.3. The molecule has 0 fully saturated rings. The number of hydrogen-bond donors (Lipinski definition) is 1. The molecule has 0 aliphatic carbocycles. The van der Waals surface area contributed by atoms with Crippen LogP contribution in [0.2, 0.25) is 0 Å². The summed E-state index contributed by atoms with van der Waals surface area (Å²) in [4.78, 5) is 31.7. The van der Waals surface area contributed by atoms with E-state index in [1.54, 1.807) is 13.0 Å². The number of nitro groups is 1. The zero-order chi connectivity index (χ0) is 22.9. The lowest BCUT2D eigenvalue weighted by Gasteiger charge is -2.08. The smallest absolute Gasteiger partial charge is 0.306 e. The number of carbonyl (C=O) groups excluding carboxylic acids is 1. The van der Waals surface area contributed by atoms with Gasteiger partial charge in [0.15, 0.2) is 0 Å². The van der Waals surface area contributed by atoms with Crippen LogP contribution in [0.15, 0.2) is 63.6 Å². The van der Waals surface area contributed by atoms with E-state index in [1.165, 1.54) is 12.1 Å². The minimum atomic E-state index is -0.438. The van der Waals surface area contributed by atoms with Crippen LogP contribution in [-0.2, 0) is 9.53 Å². The van der Waals surface area contributed by atoms with Crippen LogP contribution < -0.4 is 5.43 Å². The fourth-order valence-corrected chi connectivity index (χ4v) is 3.43. The van der Waals surface area contributed by atoms with Gasteiger partial charge in [-0.05, 0) is 19.4 Å². The molecule has 0 amide bonds. The largest absolute Gasteiger partial charge is 0.466 e. The Kier molecular flexibility index (Phi) is 8.20. The summed E-state index contributed by atoms with van der Waals surface area (Å²) in [5, 5.41) is 16.1. The van der Waals surface area contributed by atoms with E-state index in [9.17, 15) is 14.9 Å². The Labute approximate surface area is 193 Å². The molecule has 9 nitrogen and oxygen atoms in total. The van der Waals surface area contributed by atoms with Crippen LogP contribution in [0.5, 0.6) is 0 Å². The maximum atomic E-state index is 11.6. The summed E-state index contributed by atoms with van der Waals surface area (Å²) in [5.41, 5.74) is 6.22. The molecular weight excluding hydrogens is 478 g/mol. The second-order valence-corrected chi connectivity index (χ2v) is 7.34. The van der Waals surface area contributed by atoms with E-state index in [0.29, 0.717) is 41.2 Å². The van der Waals surface area contributed by atoms with Gasteiger partial charge in [0.2, 0.25) is 0 Å². The standard InChI is InChI=1S/C22H22BrN5O4/c1-2-32-21(29)11-8-16(13-23)26-27-20-14-24-22(15-6-4-3-5-7-15)18-12-17(28(30)31)9-10-19(18)25-20/h3-7,9-10,12H,2,8,11,13-14H2,1H3,(H,25,27). The molecule has 2 aromatic carbocycles. The molecule has 0 spiro atoms. The fourth-order valence-electron chi connectivity index (χ4n) is 3.02. The molecule has 0 radical (unpaired) electrons. The molecule has 32 heavy (non-hydrogen) atoms. The average Bonchev–Trinajstić information content (AvgIpc) is 2.98. The van der Waals surface area contributed by atoms with Crippen LogP contribution in [0, 0.1) is 10.1 Å². The lowest BCUT2D eigenvalue weighted by molar-refractivity contribution is -0.384. The molecule has 0 aromatic heterocycles. The molecule has 0 saturated heterocycles. The number of hydrogen-bond acceptors (Lipinski definition) is 8. The van der Waals surface area contributed by atoms with Crippen molar-refractivity contribution in [3.05, 3.63) is 69.8 Å². The van der Waals surface area contributed by atoms with Gasteiger partial charge >= 0.3 is 5.97 Å². The van der Waals surface area contributed by atoms with Crippen molar-refractivity contribution in [1.29, 1.82) is 0 Å². The number of fused-ring (bicyclic) bond motifs is 1. The lowest BCUT2D eigenvalue weighted by atomic mass is 10.00. The highest BCUT2D eigenvalue weighted by molar-refractivity contribution is 9.09. The highest BCUT2D eigenvalue weighted by Crippen LogP contribution is 2.29. The van der Waals surface area contributed by atoms with Gasteiger partial charge in [-0.2, -0.15) is 5.10 Å². The van der Waals surface area contributed by atoms with Gasteiger partial charge in [0.1, 0.15) is 5.84 Å². The van der Waals surface area contributed by atoms with E-state index in [-0.39, 0.29) is 24.6 Å². The Balaban J connectivity index is 1.88. The predicted octanol–water partition coefficient (Wildman–Crippen LogP) is 4.16. The molecule has 2 aromatic rings. The topological polar surface area (TPSA) is 119 Å². The highest BCUT2D eigenvalue weighted by atomic mass is 79.9. The maximum Gasteiger partial charge on any atom is 0.306 e. The fraction of sp³-hybridized carbons (Fsp3) is 0.273. The van der Waals surface area contributed by atoms with E-state index in [0.717, 1.165) is 11.3 Å². The highest BCUT2D eigenvalue weighted by Gasteiger charge is 2.19. The summed E-state index contributed by atoms with van der Waals surface area (Å²) in [5.74, 6) is 0.209. The summed E-state index contributed by atoms with van der Waals surface area (Å²) in [6, 6.07) is 14.0. The third-order valence-corrected chi connectivity index (χ3v) is 5.20. The van der Waals surface area contributed by atoms with Gasteiger partial charge < -0.3 is 4.74 Å². The van der Waals surface area contributed by atoms with Crippen LogP contribution in [0.25, 0.3) is 0 Å². The van der Waals surface area contributed by atoms with Gasteiger partial charge in [0.05, 0.1) is 35.9 Å². The number of ether oxygens (including phenoxy) is 1. The van der Waals surface area contributed by atoms with Crippen LogP contribution in [0.4, 0.5) is 11.4 Å². The molecule has 3 rings (SSSR count). The van der Waals surface area contributed by atoms with Gasteiger partial charge in [-0.25, -0.2) is 4.99 Å². The Morgan fingerprint density at radius 1 is 1.25 bits per heavy atom. The number of amidine groups is 1. The number of rotatable bonds is 8. The zero-order valence-electron chi connectivity index (χ0n) is 17.5. The van der Waals surface area contributed by atoms with Crippen molar-refractivity contribution in [2.24, 2.45) is 15.1 Å². The zero-order valence-corrected chi connectivity index (χ0v) is 19.0. The van der Waals surface area contributed by atoms with Crippen LogP contribution >= 0.6 is 15.9 Å².